The van der Waals surface area contributed by atoms with Crippen molar-refractivity contribution in [2.75, 3.05) is 0 Å². The highest BCUT2D eigenvalue weighted by Gasteiger charge is 2.16. The molecule has 0 bridgehead atoms. The third-order valence-electron chi connectivity index (χ3n) is 3.96. The van der Waals surface area contributed by atoms with Gasteiger partial charge in [0.15, 0.2) is 0 Å². The van der Waals surface area contributed by atoms with Gasteiger partial charge in [-0.1, -0.05) is 6.07 Å². The lowest BCUT2D eigenvalue weighted by molar-refractivity contribution is 0.475. The van der Waals surface area contributed by atoms with Gasteiger partial charge in [0.2, 0.25) is 0 Å². The van der Waals surface area contributed by atoms with E-state index in [0.717, 1.165) is 0 Å². The minimum atomic E-state index is -3.91. The predicted molar refractivity (Wildman–Crippen MR) is 99.1 cm³/mol. The largest absolute Gasteiger partial charge is 0.508 e. The van der Waals surface area contributed by atoms with Crippen molar-refractivity contribution in [1.29, 1.82) is 0 Å². The molecule has 0 spiro atoms. The summed E-state index contributed by atoms with van der Waals surface area (Å²) in [6.45, 7) is 0. The second-order valence-corrected chi connectivity index (χ2v) is 7.49. The number of benzene rings is 2. The fraction of sp³-hybridized carbons (Fsp3) is 0.0526. The van der Waals surface area contributed by atoms with Crippen molar-refractivity contribution in [3.63, 3.8) is 0 Å². The van der Waals surface area contributed by atoms with Crippen LogP contribution in [0.1, 0.15) is 5.56 Å². The van der Waals surface area contributed by atoms with Crippen LogP contribution in [0.5, 0.6) is 11.5 Å². The van der Waals surface area contributed by atoms with E-state index in [0.29, 0.717) is 16.3 Å². The molecule has 2 aromatic heterocycles. The van der Waals surface area contributed by atoms with Crippen LogP contribution in [-0.4, -0.2) is 18.5 Å². The summed E-state index contributed by atoms with van der Waals surface area (Å²) in [6.07, 6.45) is 2.99. The average molecular weight is 383 g/mol. The highest BCUT2D eigenvalue weighted by molar-refractivity contribution is 7.86. The predicted octanol–water partition coefficient (Wildman–Crippen LogP) is 2.96. The zero-order valence-electron chi connectivity index (χ0n) is 13.8. The van der Waals surface area contributed by atoms with Crippen molar-refractivity contribution in [2.45, 2.75) is 5.75 Å². The van der Waals surface area contributed by atoms with E-state index in [9.17, 15) is 18.3 Å². The monoisotopic (exact) mass is 383 g/mol. The van der Waals surface area contributed by atoms with Gasteiger partial charge in [0, 0.05) is 29.2 Å². The summed E-state index contributed by atoms with van der Waals surface area (Å²) < 4.78 is 34.9. The molecule has 0 radical (unpaired) electrons. The molecular formula is C19H13NO6S. The molecule has 4 aromatic rings. The molecule has 1 N–H and O–H groups in total. The summed E-state index contributed by atoms with van der Waals surface area (Å²) in [4.78, 5) is 16.0. The summed E-state index contributed by atoms with van der Waals surface area (Å²) in [5.41, 5.74) is 0.0478. The van der Waals surface area contributed by atoms with Crippen LogP contribution in [0.25, 0.3) is 21.7 Å². The van der Waals surface area contributed by atoms with Gasteiger partial charge in [-0.15, -0.1) is 0 Å². The molecule has 2 heterocycles. The van der Waals surface area contributed by atoms with E-state index in [1.54, 1.807) is 30.5 Å². The Balaban J connectivity index is 1.72. The van der Waals surface area contributed by atoms with E-state index in [-0.39, 0.29) is 28.2 Å². The number of aromatic hydroxyl groups is 1. The fourth-order valence-electron chi connectivity index (χ4n) is 2.82. The molecular weight excluding hydrogens is 370 g/mol. The van der Waals surface area contributed by atoms with Crippen molar-refractivity contribution in [3.05, 3.63) is 76.9 Å². The first-order chi connectivity index (χ1) is 12.9. The smallest absolute Gasteiger partial charge is 0.344 e. The van der Waals surface area contributed by atoms with E-state index in [1.807, 2.05) is 0 Å². The molecule has 4 rings (SSSR count). The van der Waals surface area contributed by atoms with Crippen molar-refractivity contribution in [3.8, 4) is 11.5 Å². The number of phenolic OH excluding ortho intramolecular Hbond substituents is 1. The zero-order valence-corrected chi connectivity index (χ0v) is 14.6. The van der Waals surface area contributed by atoms with Crippen LogP contribution < -0.4 is 9.81 Å². The van der Waals surface area contributed by atoms with E-state index >= 15 is 0 Å². The van der Waals surface area contributed by atoms with E-state index in [1.165, 1.54) is 30.5 Å². The molecule has 0 aliphatic rings. The van der Waals surface area contributed by atoms with Crippen molar-refractivity contribution in [1.82, 2.24) is 4.98 Å². The topological polar surface area (TPSA) is 107 Å². The Morgan fingerprint density at radius 1 is 1.04 bits per heavy atom. The van der Waals surface area contributed by atoms with Gasteiger partial charge in [0.1, 0.15) is 22.8 Å². The summed E-state index contributed by atoms with van der Waals surface area (Å²) in [5, 5.41) is 11.0. The van der Waals surface area contributed by atoms with Gasteiger partial charge in [-0.25, -0.2) is 4.79 Å². The molecule has 0 saturated heterocycles. The number of fused-ring (bicyclic) bond motifs is 3. The first-order valence-electron chi connectivity index (χ1n) is 7.92. The number of hydrogen-bond donors (Lipinski definition) is 1. The molecule has 27 heavy (non-hydrogen) atoms. The maximum atomic E-state index is 12.3. The summed E-state index contributed by atoms with van der Waals surface area (Å²) in [7, 11) is -3.91. The van der Waals surface area contributed by atoms with Crippen LogP contribution in [-0.2, 0) is 15.9 Å². The number of pyridine rings is 1. The summed E-state index contributed by atoms with van der Waals surface area (Å²) >= 11 is 0. The van der Waals surface area contributed by atoms with Crippen molar-refractivity contribution >= 4 is 31.9 Å². The van der Waals surface area contributed by atoms with E-state index in [4.69, 9.17) is 8.60 Å². The van der Waals surface area contributed by atoms with Gasteiger partial charge >= 0.3 is 15.7 Å². The van der Waals surface area contributed by atoms with Gasteiger partial charge < -0.3 is 13.7 Å². The highest BCUT2D eigenvalue weighted by Crippen LogP contribution is 2.28. The molecule has 0 aliphatic heterocycles. The van der Waals surface area contributed by atoms with E-state index in [2.05, 4.69) is 4.98 Å². The number of nitrogens with zero attached hydrogens (tertiary/aromatic N) is 1. The number of phenols is 1. The lowest BCUT2D eigenvalue weighted by atomic mass is 10.1. The molecule has 0 saturated carbocycles. The Morgan fingerprint density at radius 3 is 2.63 bits per heavy atom. The highest BCUT2D eigenvalue weighted by atomic mass is 32.2. The van der Waals surface area contributed by atoms with Gasteiger partial charge in [0.05, 0.1) is 5.39 Å². The van der Waals surface area contributed by atoms with Crippen molar-refractivity contribution in [2.24, 2.45) is 0 Å². The van der Waals surface area contributed by atoms with Crippen LogP contribution in [0.15, 0.2) is 70.1 Å². The Kier molecular flexibility index (Phi) is 4.04. The van der Waals surface area contributed by atoms with Crippen LogP contribution in [0.2, 0.25) is 0 Å². The van der Waals surface area contributed by atoms with Crippen LogP contribution in [0.4, 0.5) is 0 Å². The summed E-state index contributed by atoms with van der Waals surface area (Å²) in [5.74, 6) is -0.344. The molecule has 8 heteroatoms. The SMILES string of the molecule is O=c1oc2cc(OS(=O)(=O)Cc3cccnc3)ccc2c2ccc(O)cc12. The van der Waals surface area contributed by atoms with Crippen LogP contribution >= 0.6 is 0 Å². The Hall–Kier alpha value is -3.39. The maximum Gasteiger partial charge on any atom is 0.344 e. The Morgan fingerprint density at radius 2 is 1.85 bits per heavy atom. The second-order valence-electron chi connectivity index (χ2n) is 5.92. The van der Waals surface area contributed by atoms with Crippen LogP contribution in [0.3, 0.4) is 0 Å². The second kappa shape index (κ2) is 6.40. The maximum absolute atomic E-state index is 12.3. The number of rotatable bonds is 4. The zero-order chi connectivity index (χ0) is 19.0. The summed E-state index contributed by atoms with van der Waals surface area (Å²) in [6, 6.07) is 12.1. The van der Waals surface area contributed by atoms with Gasteiger partial charge in [-0.2, -0.15) is 8.42 Å². The third kappa shape index (κ3) is 3.47. The molecule has 136 valence electrons. The molecule has 0 atom stereocenters. The first-order valence-corrected chi connectivity index (χ1v) is 9.50. The molecule has 0 unspecified atom stereocenters. The number of aromatic nitrogens is 1. The molecule has 0 fully saturated rings. The third-order valence-corrected chi connectivity index (χ3v) is 5.09. The van der Waals surface area contributed by atoms with Crippen LogP contribution in [0, 0.1) is 0 Å². The molecule has 0 aliphatic carbocycles. The average Bonchev–Trinajstić information content (AvgIpc) is 2.62. The van der Waals surface area contributed by atoms with Gasteiger partial charge in [0.25, 0.3) is 0 Å². The Labute approximate surface area is 153 Å². The normalized spacial score (nSPS) is 11.7. The molecule has 7 nitrogen and oxygen atoms in total. The van der Waals surface area contributed by atoms with Gasteiger partial charge in [-0.05, 0) is 42.0 Å². The fourth-order valence-corrected chi connectivity index (χ4v) is 3.85. The minimum Gasteiger partial charge on any atom is -0.508 e. The molecule has 0 amide bonds. The minimum absolute atomic E-state index is 0.0349. The van der Waals surface area contributed by atoms with E-state index < -0.39 is 15.7 Å². The first kappa shape index (κ1) is 17.0. The quantitative estimate of drug-likeness (QED) is 0.328. The van der Waals surface area contributed by atoms with Crippen molar-refractivity contribution < 1.29 is 22.1 Å². The lowest BCUT2D eigenvalue weighted by Crippen LogP contribution is -2.12. The number of hydrogen-bond acceptors (Lipinski definition) is 7. The standard InChI is InChI=1S/C19H13NO6S/c21-13-3-5-15-16-6-4-14(9-18(16)25-19(22)17(15)8-13)26-27(23,24)11-12-2-1-7-20-10-12/h1-10,21H,11H2. The lowest BCUT2D eigenvalue weighted by Gasteiger charge is -2.08. The molecule has 2 aromatic carbocycles. The Bertz CT molecular complexity index is 1310. The van der Waals surface area contributed by atoms with Gasteiger partial charge in [-0.3, -0.25) is 4.98 Å².